The summed E-state index contributed by atoms with van der Waals surface area (Å²) in [5, 5.41) is 40.6. The van der Waals surface area contributed by atoms with E-state index in [0.717, 1.165) is 25.7 Å². The Morgan fingerprint density at radius 3 is 1.78 bits per heavy atom. The van der Waals surface area contributed by atoms with Crippen LogP contribution in [0.5, 0.6) is 11.5 Å². The first-order valence-corrected chi connectivity index (χ1v) is 14.1. The van der Waals surface area contributed by atoms with Crippen molar-refractivity contribution in [2.75, 3.05) is 6.61 Å². The van der Waals surface area contributed by atoms with Crippen molar-refractivity contribution in [3.8, 4) is 11.5 Å². The summed E-state index contributed by atoms with van der Waals surface area (Å²) in [4.78, 5) is 7.81. The van der Waals surface area contributed by atoms with Crippen molar-refractivity contribution in [2.24, 2.45) is 11.8 Å². The Bertz CT molecular complexity index is 1460. The normalized spacial score (nSPS) is 17.6. The highest BCUT2D eigenvalue weighted by Gasteiger charge is 2.47. The Morgan fingerprint density at radius 2 is 1.37 bits per heavy atom. The Balaban J connectivity index is 0.000000166. The number of hydrogen-bond donors (Lipinski definition) is 3. The van der Waals surface area contributed by atoms with Crippen molar-refractivity contribution in [1.82, 2.24) is 29.5 Å². The number of aromatic nitrogens is 6. The average Bonchev–Trinajstić information content (AvgIpc) is 3.88. The molecule has 2 heterocycles. The van der Waals surface area contributed by atoms with Crippen LogP contribution in [0, 0.1) is 11.8 Å². The molecule has 12 heteroatoms. The van der Waals surface area contributed by atoms with Crippen LogP contribution in [0.3, 0.4) is 0 Å². The van der Waals surface area contributed by atoms with Gasteiger partial charge in [-0.3, -0.25) is 0 Å². The van der Waals surface area contributed by atoms with Crippen LogP contribution >= 0.6 is 23.2 Å². The molecule has 41 heavy (non-hydrogen) atoms. The largest absolute Gasteiger partial charge is 0.508 e. The van der Waals surface area contributed by atoms with Gasteiger partial charge >= 0.3 is 0 Å². The molecule has 6 rings (SSSR count). The van der Waals surface area contributed by atoms with Crippen molar-refractivity contribution < 1.29 is 20.1 Å². The highest BCUT2D eigenvalue weighted by atomic mass is 35.5. The van der Waals surface area contributed by atoms with Crippen molar-refractivity contribution in [3.63, 3.8) is 0 Å². The number of ether oxygens (including phenoxy) is 1. The fourth-order valence-electron chi connectivity index (χ4n) is 5.06. The number of phenolic OH excluding ortho intramolecular Hbond substituents is 1. The second-order valence-corrected chi connectivity index (χ2v) is 11.3. The highest BCUT2D eigenvalue weighted by molar-refractivity contribution is 6.32. The summed E-state index contributed by atoms with van der Waals surface area (Å²) in [6, 6.07) is 10.0. The lowest BCUT2D eigenvalue weighted by Crippen LogP contribution is -2.34. The number of phenols is 1. The molecule has 0 radical (unpaired) electrons. The quantitative estimate of drug-likeness (QED) is 0.211. The Morgan fingerprint density at radius 1 is 0.854 bits per heavy atom. The summed E-state index contributed by atoms with van der Waals surface area (Å²) in [5.41, 5.74) is -0.775. The van der Waals surface area contributed by atoms with E-state index >= 15 is 0 Å². The molecule has 0 amide bonds. The third-order valence-electron chi connectivity index (χ3n) is 7.44. The molecule has 4 aromatic rings. The van der Waals surface area contributed by atoms with E-state index in [1.807, 2.05) is 12.1 Å². The molecule has 2 aliphatic rings. The van der Waals surface area contributed by atoms with Crippen molar-refractivity contribution >= 4 is 23.2 Å². The third kappa shape index (κ3) is 6.73. The summed E-state index contributed by atoms with van der Waals surface area (Å²) in [6.45, 7) is 4.68. The maximum Gasteiger partial charge on any atom is 0.137 e. The van der Waals surface area contributed by atoms with Gasteiger partial charge in [-0.15, -0.1) is 0 Å². The standard InChI is InChI=1S/C16H18ClN3O2.C13H14ClN3O2/c1-2-7-22-13-5-6-14(15(17)8-13)16(21,12-3-4-12)9-20-11-18-10-19-20;14-12-5-10(18)3-4-11(12)13(19,9-1-2-9)6-17-8-15-7-16-17/h2,5-6,8,10-12,21H,1,3-4,7,9H2;3-5,7-9,18-19H,1-2,6H2. The van der Waals surface area contributed by atoms with Gasteiger partial charge in [0.05, 0.1) is 23.1 Å². The smallest absolute Gasteiger partial charge is 0.137 e. The molecule has 2 aliphatic carbocycles. The van der Waals surface area contributed by atoms with Crippen LogP contribution in [-0.4, -0.2) is 51.5 Å². The minimum absolute atomic E-state index is 0.0904. The maximum atomic E-state index is 11.2. The molecule has 0 aliphatic heterocycles. The van der Waals surface area contributed by atoms with Gasteiger partial charge in [0.15, 0.2) is 0 Å². The van der Waals surface area contributed by atoms with E-state index in [4.69, 9.17) is 27.9 Å². The molecule has 2 atom stereocenters. The summed E-state index contributed by atoms with van der Waals surface area (Å²) in [5.74, 6) is 1.10. The van der Waals surface area contributed by atoms with E-state index in [-0.39, 0.29) is 17.6 Å². The van der Waals surface area contributed by atoms with Crippen LogP contribution in [0.25, 0.3) is 0 Å². The zero-order chi connectivity index (χ0) is 29.0. The number of nitrogens with zero attached hydrogens (tertiary/aromatic N) is 6. The summed E-state index contributed by atoms with van der Waals surface area (Å²) < 4.78 is 8.71. The van der Waals surface area contributed by atoms with E-state index in [2.05, 4.69) is 26.7 Å². The predicted octanol–water partition coefficient (Wildman–Crippen LogP) is 4.73. The Kier molecular flexibility index (Phi) is 8.65. The molecule has 2 saturated carbocycles. The van der Waals surface area contributed by atoms with Crippen LogP contribution < -0.4 is 4.74 Å². The first kappa shape index (κ1) is 29.1. The van der Waals surface area contributed by atoms with Gasteiger partial charge in [-0.05, 0) is 61.8 Å². The van der Waals surface area contributed by atoms with Crippen LogP contribution in [0.4, 0.5) is 0 Å². The van der Waals surface area contributed by atoms with E-state index in [9.17, 15) is 15.3 Å². The zero-order valence-electron chi connectivity index (χ0n) is 22.4. The van der Waals surface area contributed by atoms with E-state index in [0.29, 0.717) is 46.6 Å². The number of rotatable bonds is 11. The predicted molar refractivity (Wildman–Crippen MR) is 154 cm³/mol. The molecule has 2 aromatic heterocycles. The minimum atomic E-state index is -1.07. The fraction of sp³-hybridized carbons (Fsp3) is 0.379. The third-order valence-corrected chi connectivity index (χ3v) is 8.06. The van der Waals surface area contributed by atoms with Crippen molar-refractivity contribution in [3.05, 3.63) is 95.5 Å². The molecular formula is C29H32Cl2N6O4. The number of aromatic hydroxyl groups is 1. The molecule has 2 fully saturated rings. The Hall–Kier alpha value is -3.44. The summed E-state index contributed by atoms with van der Waals surface area (Å²) >= 11 is 12.6. The number of benzene rings is 2. The van der Waals surface area contributed by atoms with Crippen molar-refractivity contribution in [2.45, 2.75) is 50.0 Å². The average molecular weight is 600 g/mol. The molecule has 0 spiro atoms. The molecule has 10 nitrogen and oxygen atoms in total. The number of halogens is 2. The maximum absolute atomic E-state index is 11.2. The van der Waals surface area contributed by atoms with Gasteiger partial charge in [-0.1, -0.05) is 48.0 Å². The molecule has 216 valence electrons. The first-order valence-electron chi connectivity index (χ1n) is 13.3. The summed E-state index contributed by atoms with van der Waals surface area (Å²) in [7, 11) is 0. The van der Waals surface area contributed by atoms with Gasteiger partial charge in [0.2, 0.25) is 0 Å². The highest BCUT2D eigenvalue weighted by Crippen LogP contribution is 2.50. The summed E-state index contributed by atoms with van der Waals surface area (Å²) in [6.07, 6.45) is 11.6. The lowest BCUT2D eigenvalue weighted by Gasteiger charge is -2.29. The molecule has 0 bridgehead atoms. The van der Waals surface area contributed by atoms with Crippen LogP contribution in [-0.2, 0) is 24.3 Å². The van der Waals surface area contributed by atoms with Gasteiger partial charge in [0.1, 0.15) is 54.6 Å². The van der Waals surface area contributed by atoms with Crippen LogP contribution in [0.15, 0.2) is 74.4 Å². The first-order chi connectivity index (χ1) is 19.7. The van der Waals surface area contributed by atoms with Gasteiger partial charge in [-0.25, -0.2) is 19.3 Å². The number of aliphatic hydroxyl groups is 2. The van der Waals surface area contributed by atoms with Gasteiger partial charge in [0.25, 0.3) is 0 Å². The second-order valence-electron chi connectivity index (χ2n) is 10.5. The van der Waals surface area contributed by atoms with Gasteiger partial charge in [0, 0.05) is 11.1 Å². The molecule has 0 saturated heterocycles. The van der Waals surface area contributed by atoms with E-state index in [1.165, 1.54) is 24.8 Å². The van der Waals surface area contributed by atoms with Gasteiger partial charge < -0.3 is 20.1 Å². The number of hydrogen-bond acceptors (Lipinski definition) is 8. The Labute approximate surface area is 247 Å². The topological polar surface area (TPSA) is 131 Å². The van der Waals surface area contributed by atoms with Crippen molar-refractivity contribution in [1.29, 1.82) is 0 Å². The van der Waals surface area contributed by atoms with Crippen LogP contribution in [0.1, 0.15) is 36.8 Å². The van der Waals surface area contributed by atoms with Gasteiger partial charge in [-0.2, -0.15) is 10.2 Å². The lowest BCUT2D eigenvalue weighted by atomic mass is 9.88. The van der Waals surface area contributed by atoms with Crippen LogP contribution in [0.2, 0.25) is 10.0 Å². The molecule has 3 N–H and O–H groups in total. The molecular weight excluding hydrogens is 567 g/mol. The lowest BCUT2D eigenvalue weighted by molar-refractivity contribution is -0.00800. The van der Waals surface area contributed by atoms with E-state index in [1.54, 1.807) is 40.2 Å². The minimum Gasteiger partial charge on any atom is -0.508 e. The monoisotopic (exact) mass is 598 g/mol. The second kappa shape index (κ2) is 12.2. The SMILES string of the molecule is C=CCOc1ccc(C(O)(Cn2cncn2)C2CC2)c(Cl)c1.Oc1ccc(C(O)(Cn2cncn2)C2CC2)c(Cl)c1. The molecule has 2 aromatic carbocycles. The van der Waals surface area contributed by atoms with E-state index < -0.39 is 11.2 Å². The fourth-order valence-corrected chi connectivity index (χ4v) is 5.73. The zero-order valence-corrected chi connectivity index (χ0v) is 23.9. The molecule has 2 unspecified atom stereocenters.